The number of halogens is 1. The van der Waals surface area contributed by atoms with Gasteiger partial charge in [0.1, 0.15) is 5.60 Å². The highest BCUT2D eigenvalue weighted by molar-refractivity contribution is 9.11. The summed E-state index contributed by atoms with van der Waals surface area (Å²) in [5, 5.41) is 11.6. The number of carboxylic acids is 1. The maximum atomic E-state index is 11.8. The molecule has 0 radical (unpaired) electrons. The first-order valence-electron chi connectivity index (χ1n) is 6.91. The number of carbonyl (C=O) groups excluding carboxylic acids is 1. The van der Waals surface area contributed by atoms with E-state index >= 15 is 0 Å². The van der Waals surface area contributed by atoms with Crippen LogP contribution in [0.5, 0.6) is 0 Å². The Bertz CT molecular complexity index is 463. The van der Waals surface area contributed by atoms with E-state index in [0.29, 0.717) is 6.42 Å². The maximum absolute atomic E-state index is 11.8. The zero-order chi connectivity index (χ0) is 16.0. The van der Waals surface area contributed by atoms with Crippen molar-refractivity contribution in [3.05, 3.63) is 22.2 Å². The van der Waals surface area contributed by atoms with Gasteiger partial charge in [-0.25, -0.2) is 4.79 Å². The highest BCUT2D eigenvalue weighted by atomic mass is 79.9. The SMILES string of the molecule is CC(C)(C)OC(=O)NC(CC(=O)O)CC1=CC=C(Br)CC1. The molecule has 1 amide bonds. The Kier molecular flexibility index (Phi) is 6.45. The van der Waals surface area contributed by atoms with Crippen molar-refractivity contribution in [2.75, 3.05) is 0 Å². The van der Waals surface area contributed by atoms with Gasteiger partial charge in [-0.15, -0.1) is 0 Å². The van der Waals surface area contributed by atoms with E-state index in [1.165, 1.54) is 0 Å². The van der Waals surface area contributed by atoms with E-state index in [2.05, 4.69) is 21.2 Å². The molecule has 0 saturated carbocycles. The number of carboxylic acid groups (broad SMARTS) is 1. The zero-order valence-electron chi connectivity index (χ0n) is 12.6. The summed E-state index contributed by atoms with van der Waals surface area (Å²) in [7, 11) is 0. The van der Waals surface area contributed by atoms with Gasteiger partial charge in [-0.3, -0.25) is 4.79 Å². The lowest BCUT2D eigenvalue weighted by molar-refractivity contribution is -0.137. The van der Waals surface area contributed by atoms with Crippen molar-refractivity contribution < 1.29 is 19.4 Å². The van der Waals surface area contributed by atoms with Crippen molar-refractivity contribution in [2.45, 2.75) is 58.1 Å². The van der Waals surface area contributed by atoms with Gasteiger partial charge in [0.2, 0.25) is 0 Å². The summed E-state index contributed by atoms with van der Waals surface area (Å²) in [6.07, 6.45) is 5.51. The number of alkyl carbamates (subject to hydrolysis) is 1. The van der Waals surface area contributed by atoms with E-state index in [1.54, 1.807) is 20.8 Å². The molecule has 0 saturated heterocycles. The molecule has 0 aromatic carbocycles. The van der Waals surface area contributed by atoms with E-state index in [9.17, 15) is 9.59 Å². The molecule has 118 valence electrons. The summed E-state index contributed by atoms with van der Waals surface area (Å²) in [6.45, 7) is 5.31. The highest BCUT2D eigenvalue weighted by Crippen LogP contribution is 2.25. The van der Waals surface area contributed by atoms with Crippen molar-refractivity contribution in [3.63, 3.8) is 0 Å². The fourth-order valence-electron chi connectivity index (χ4n) is 2.00. The van der Waals surface area contributed by atoms with E-state index in [0.717, 1.165) is 22.9 Å². The molecule has 0 aromatic rings. The molecular weight excluding hydrogens is 338 g/mol. The van der Waals surface area contributed by atoms with Crippen LogP contribution in [0.25, 0.3) is 0 Å². The molecular formula is C15H22BrNO4. The first-order valence-corrected chi connectivity index (χ1v) is 7.70. The van der Waals surface area contributed by atoms with Crippen LogP contribution in [0.15, 0.2) is 22.2 Å². The number of aliphatic carboxylic acids is 1. The third-order valence-corrected chi connectivity index (χ3v) is 3.50. The van der Waals surface area contributed by atoms with Crippen molar-refractivity contribution in [1.82, 2.24) is 5.32 Å². The molecule has 0 fully saturated rings. The summed E-state index contributed by atoms with van der Waals surface area (Å²) in [5.74, 6) is -0.941. The van der Waals surface area contributed by atoms with Crippen LogP contribution in [0.1, 0.15) is 46.5 Å². The van der Waals surface area contributed by atoms with Gasteiger partial charge < -0.3 is 15.2 Å². The summed E-state index contributed by atoms with van der Waals surface area (Å²) in [4.78, 5) is 22.7. The van der Waals surface area contributed by atoms with E-state index < -0.39 is 23.7 Å². The van der Waals surface area contributed by atoms with Crippen molar-refractivity contribution in [3.8, 4) is 0 Å². The lowest BCUT2D eigenvalue weighted by atomic mass is 9.96. The molecule has 2 N–H and O–H groups in total. The van der Waals surface area contributed by atoms with Gasteiger partial charge in [-0.1, -0.05) is 33.7 Å². The van der Waals surface area contributed by atoms with E-state index in [1.807, 2.05) is 12.2 Å². The highest BCUT2D eigenvalue weighted by Gasteiger charge is 2.22. The molecule has 6 heteroatoms. The van der Waals surface area contributed by atoms with Crippen LogP contribution in [0.4, 0.5) is 4.79 Å². The average molecular weight is 360 g/mol. The van der Waals surface area contributed by atoms with Gasteiger partial charge in [-0.05, 0) is 44.5 Å². The third kappa shape index (κ3) is 7.90. The van der Waals surface area contributed by atoms with Crippen LogP contribution < -0.4 is 5.32 Å². The second-order valence-electron chi connectivity index (χ2n) is 6.08. The normalized spacial score (nSPS) is 16.6. The van der Waals surface area contributed by atoms with Crippen LogP contribution in [-0.4, -0.2) is 28.8 Å². The molecule has 1 aliphatic carbocycles. The summed E-state index contributed by atoms with van der Waals surface area (Å²) >= 11 is 3.43. The first kappa shape index (κ1) is 17.8. The lowest BCUT2D eigenvalue weighted by Gasteiger charge is -2.24. The molecule has 0 aromatic heterocycles. The second-order valence-corrected chi connectivity index (χ2v) is 7.10. The Balaban J connectivity index is 2.64. The average Bonchev–Trinajstić information content (AvgIpc) is 2.28. The fraction of sp³-hybridized carbons (Fsp3) is 0.600. The Hall–Kier alpha value is -1.30. The molecule has 1 unspecified atom stereocenters. The number of hydrogen-bond donors (Lipinski definition) is 2. The van der Waals surface area contributed by atoms with Crippen molar-refractivity contribution >= 4 is 28.0 Å². The van der Waals surface area contributed by atoms with Gasteiger partial charge in [0.25, 0.3) is 0 Å². The number of amides is 1. The van der Waals surface area contributed by atoms with Gasteiger partial charge in [0.15, 0.2) is 0 Å². The molecule has 1 atom stereocenters. The van der Waals surface area contributed by atoms with Crippen LogP contribution in [0.3, 0.4) is 0 Å². The Labute approximate surface area is 133 Å². The van der Waals surface area contributed by atoms with Crippen molar-refractivity contribution in [2.24, 2.45) is 0 Å². The molecule has 0 heterocycles. The fourth-order valence-corrected chi connectivity index (χ4v) is 2.33. The summed E-state index contributed by atoms with van der Waals surface area (Å²) < 4.78 is 6.30. The largest absolute Gasteiger partial charge is 0.481 e. The number of rotatable bonds is 5. The minimum absolute atomic E-state index is 0.124. The van der Waals surface area contributed by atoms with Crippen LogP contribution in [0, 0.1) is 0 Å². The molecule has 1 rings (SSSR count). The number of nitrogens with one attached hydrogen (secondary N) is 1. The van der Waals surface area contributed by atoms with Gasteiger partial charge in [0.05, 0.1) is 6.42 Å². The number of hydrogen-bond acceptors (Lipinski definition) is 3. The topological polar surface area (TPSA) is 75.6 Å². The molecule has 0 bridgehead atoms. The molecule has 21 heavy (non-hydrogen) atoms. The van der Waals surface area contributed by atoms with Gasteiger partial charge >= 0.3 is 12.1 Å². The maximum Gasteiger partial charge on any atom is 0.407 e. The molecule has 5 nitrogen and oxygen atoms in total. The van der Waals surface area contributed by atoms with Crippen LogP contribution in [0.2, 0.25) is 0 Å². The van der Waals surface area contributed by atoms with Crippen LogP contribution in [-0.2, 0) is 9.53 Å². The van der Waals surface area contributed by atoms with Crippen LogP contribution >= 0.6 is 15.9 Å². The van der Waals surface area contributed by atoms with Crippen molar-refractivity contribution in [1.29, 1.82) is 0 Å². The minimum atomic E-state index is -0.941. The Morgan fingerprint density at radius 1 is 1.38 bits per heavy atom. The third-order valence-electron chi connectivity index (χ3n) is 2.84. The standard InChI is InChI=1S/C15H22BrNO4/c1-15(2,3)21-14(20)17-12(9-13(18)19)8-10-4-6-11(16)7-5-10/h4,6,12H,5,7-9H2,1-3H3,(H,17,20)(H,18,19). The van der Waals surface area contributed by atoms with E-state index in [-0.39, 0.29) is 6.42 Å². The number of ether oxygens (including phenoxy) is 1. The predicted molar refractivity (Wildman–Crippen MR) is 84.4 cm³/mol. The monoisotopic (exact) mass is 359 g/mol. The summed E-state index contributed by atoms with van der Waals surface area (Å²) in [6, 6.07) is -0.464. The minimum Gasteiger partial charge on any atom is -0.481 e. The predicted octanol–water partition coefficient (Wildman–Crippen LogP) is 3.74. The van der Waals surface area contributed by atoms with E-state index in [4.69, 9.17) is 9.84 Å². The number of allylic oxidation sites excluding steroid dienone is 3. The smallest absolute Gasteiger partial charge is 0.407 e. The second kappa shape index (κ2) is 7.64. The Morgan fingerprint density at radius 3 is 2.52 bits per heavy atom. The zero-order valence-corrected chi connectivity index (χ0v) is 14.2. The first-order chi connectivity index (χ1) is 9.65. The molecule has 0 aliphatic heterocycles. The Morgan fingerprint density at radius 2 is 2.05 bits per heavy atom. The van der Waals surface area contributed by atoms with Gasteiger partial charge in [0, 0.05) is 6.04 Å². The quantitative estimate of drug-likeness (QED) is 0.783. The van der Waals surface area contributed by atoms with Gasteiger partial charge in [-0.2, -0.15) is 0 Å². The molecule has 0 spiro atoms. The summed E-state index contributed by atoms with van der Waals surface area (Å²) in [5.41, 5.74) is 0.524. The number of carbonyl (C=O) groups is 2. The lowest BCUT2D eigenvalue weighted by Crippen LogP contribution is -2.40. The molecule has 1 aliphatic rings.